The zero-order valence-corrected chi connectivity index (χ0v) is 8.55. The van der Waals surface area contributed by atoms with E-state index in [4.69, 9.17) is 0 Å². The van der Waals surface area contributed by atoms with E-state index >= 15 is 0 Å². The molecule has 1 aliphatic rings. The zero-order valence-electron chi connectivity index (χ0n) is 8.55. The highest BCUT2D eigenvalue weighted by Crippen LogP contribution is 2.37. The van der Waals surface area contributed by atoms with Gasteiger partial charge in [0.2, 0.25) is 0 Å². The summed E-state index contributed by atoms with van der Waals surface area (Å²) in [5.74, 6) is 0. The highest BCUT2D eigenvalue weighted by Gasteiger charge is 2.29. The van der Waals surface area contributed by atoms with E-state index in [0.29, 0.717) is 0 Å². The lowest BCUT2D eigenvalue weighted by molar-refractivity contribution is 0.137. The molecule has 0 saturated heterocycles. The average molecular weight is 180 g/mol. The van der Waals surface area contributed by atoms with E-state index in [-0.39, 0.29) is 12.0 Å². The van der Waals surface area contributed by atoms with Crippen LogP contribution in [0.4, 0.5) is 0 Å². The van der Waals surface area contributed by atoms with Crippen LogP contribution in [0.2, 0.25) is 0 Å². The predicted octanol–water partition coefficient (Wildman–Crippen LogP) is 3.06. The summed E-state index contributed by atoms with van der Waals surface area (Å²) in [6.07, 6.45) is 10.0. The van der Waals surface area contributed by atoms with E-state index in [0.717, 1.165) is 31.3 Å². The van der Waals surface area contributed by atoms with Gasteiger partial charge >= 0.3 is 0 Å². The topological polar surface area (TPSA) is 20.2 Å². The number of hydrogen-bond acceptors (Lipinski definition) is 1. The average Bonchev–Trinajstić information content (AvgIpc) is 2.04. The Bertz CT molecular complexity index is 205. The SMILES string of the molecule is C=C(C)C1(CO)CCC=CCCC1. The van der Waals surface area contributed by atoms with Crippen LogP contribution >= 0.6 is 0 Å². The van der Waals surface area contributed by atoms with Crippen LogP contribution in [0.15, 0.2) is 24.3 Å². The molecule has 1 rings (SSSR count). The molecule has 1 aliphatic carbocycles. The highest BCUT2D eigenvalue weighted by molar-refractivity contribution is 5.09. The first-order valence-electron chi connectivity index (χ1n) is 5.13. The van der Waals surface area contributed by atoms with E-state index in [9.17, 15) is 5.11 Å². The molecule has 0 heterocycles. The minimum atomic E-state index is 0.00472. The van der Waals surface area contributed by atoms with Gasteiger partial charge in [0.05, 0.1) is 6.61 Å². The lowest BCUT2D eigenvalue weighted by Crippen LogP contribution is -2.26. The van der Waals surface area contributed by atoms with Crippen molar-refractivity contribution in [3.63, 3.8) is 0 Å². The molecule has 0 aromatic carbocycles. The van der Waals surface area contributed by atoms with Crippen molar-refractivity contribution in [1.82, 2.24) is 0 Å². The van der Waals surface area contributed by atoms with Crippen LogP contribution in [0.3, 0.4) is 0 Å². The first-order chi connectivity index (χ1) is 6.21. The van der Waals surface area contributed by atoms with Crippen molar-refractivity contribution in [2.45, 2.75) is 39.0 Å². The molecule has 1 N–H and O–H groups in total. The molecule has 1 unspecified atom stereocenters. The first kappa shape index (κ1) is 10.5. The van der Waals surface area contributed by atoms with Crippen molar-refractivity contribution in [3.8, 4) is 0 Å². The molecule has 1 heteroatoms. The molecule has 0 fully saturated rings. The fraction of sp³-hybridized carbons (Fsp3) is 0.667. The first-order valence-corrected chi connectivity index (χ1v) is 5.13. The van der Waals surface area contributed by atoms with Gasteiger partial charge in [-0.1, -0.05) is 24.3 Å². The maximum Gasteiger partial charge on any atom is 0.0524 e. The monoisotopic (exact) mass is 180 g/mol. The number of aliphatic hydroxyl groups is 1. The number of aliphatic hydroxyl groups excluding tert-OH is 1. The molecule has 0 aromatic rings. The van der Waals surface area contributed by atoms with Crippen LogP contribution in [0, 0.1) is 5.41 Å². The summed E-state index contributed by atoms with van der Waals surface area (Å²) in [4.78, 5) is 0. The van der Waals surface area contributed by atoms with Crippen LogP contribution < -0.4 is 0 Å². The Hall–Kier alpha value is -0.560. The minimum absolute atomic E-state index is 0.00472. The van der Waals surface area contributed by atoms with Gasteiger partial charge in [-0.15, -0.1) is 0 Å². The Morgan fingerprint density at radius 2 is 2.08 bits per heavy atom. The molecule has 0 spiro atoms. The summed E-state index contributed by atoms with van der Waals surface area (Å²) in [5.41, 5.74) is 1.15. The van der Waals surface area contributed by atoms with Gasteiger partial charge in [-0.3, -0.25) is 0 Å². The third-order valence-corrected chi connectivity index (χ3v) is 3.19. The predicted molar refractivity (Wildman–Crippen MR) is 56.6 cm³/mol. The third kappa shape index (κ3) is 2.44. The minimum Gasteiger partial charge on any atom is -0.395 e. The number of allylic oxidation sites excluding steroid dienone is 2. The molecule has 0 bridgehead atoms. The molecule has 0 aliphatic heterocycles. The fourth-order valence-electron chi connectivity index (χ4n) is 2.00. The van der Waals surface area contributed by atoms with Gasteiger partial charge in [-0.05, 0) is 39.0 Å². The van der Waals surface area contributed by atoms with Crippen LogP contribution in [-0.2, 0) is 0 Å². The van der Waals surface area contributed by atoms with Crippen molar-refractivity contribution in [3.05, 3.63) is 24.3 Å². The lowest BCUT2D eigenvalue weighted by Gasteiger charge is -2.33. The zero-order chi connectivity index (χ0) is 9.73. The number of rotatable bonds is 2. The van der Waals surface area contributed by atoms with E-state index < -0.39 is 0 Å². The summed E-state index contributed by atoms with van der Waals surface area (Å²) in [6, 6.07) is 0. The Kier molecular flexibility index (Phi) is 3.73. The van der Waals surface area contributed by atoms with E-state index in [1.165, 1.54) is 6.42 Å². The summed E-state index contributed by atoms with van der Waals surface area (Å²) in [5, 5.41) is 9.44. The van der Waals surface area contributed by atoms with E-state index in [1.807, 2.05) is 6.92 Å². The molecule has 13 heavy (non-hydrogen) atoms. The number of hydrogen-bond donors (Lipinski definition) is 1. The molecule has 0 radical (unpaired) electrons. The second-order valence-electron chi connectivity index (χ2n) is 4.12. The second-order valence-corrected chi connectivity index (χ2v) is 4.12. The van der Waals surface area contributed by atoms with Crippen LogP contribution in [0.5, 0.6) is 0 Å². The molecule has 0 amide bonds. The standard InChI is InChI=1S/C12H20O/c1-11(2)12(10-13)8-6-4-3-5-7-9-12/h3-4,13H,1,5-10H2,2H3. The quantitative estimate of drug-likeness (QED) is 0.647. The fourth-order valence-corrected chi connectivity index (χ4v) is 2.00. The summed E-state index contributed by atoms with van der Waals surface area (Å²) in [6.45, 7) is 6.31. The molecule has 1 atom stereocenters. The molecule has 74 valence electrons. The summed E-state index contributed by atoms with van der Waals surface area (Å²) < 4.78 is 0. The Balaban J connectivity index is 2.72. The Morgan fingerprint density at radius 3 is 2.69 bits per heavy atom. The summed E-state index contributed by atoms with van der Waals surface area (Å²) >= 11 is 0. The van der Waals surface area contributed by atoms with Crippen LogP contribution in [0.25, 0.3) is 0 Å². The molecular weight excluding hydrogens is 160 g/mol. The van der Waals surface area contributed by atoms with Gasteiger partial charge in [0.1, 0.15) is 0 Å². The second kappa shape index (κ2) is 4.61. The van der Waals surface area contributed by atoms with E-state index in [1.54, 1.807) is 0 Å². The van der Waals surface area contributed by atoms with Gasteiger partial charge in [0.15, 0.2) is 0 Å². The van der Waals surface area contributed by atoms with Crippen molar-refractivity contribution >= 4 is 0 Å². The van der Waals surface area contributed by atoms with Crippen LogP contribution in [-0.4, -0.2) is 11.7 Å². The van der Waals surface area contributed by atoms with Gasteiger partial charge in [-0.25, -0.2) is 0 Å². The smallest absolute Gasteiger partial charge is 0.0524 e. The van der Waals surface area contributed by atoms with Crippen molar-refractivity contribution < 1.29 is 5.11 Å². The van der Waals surface area contributed by atoms with Gasteiger partial charge in [0.25, 0.3) is 0 Å². The van der Waals surface area contributed by atoms with E-state index in [2.05, 4.69) is 18.7 Å². The Morgan fingerprint density at radius 1 is 1.38 bits per heavy atom. The molecule has 0 saturated carbocycles. The van der Waals surface area contributed by atoms with Crippen molar-refractivity contribution in [2.75, 3.05) is 6.61 Å². The maximum atomic E-state index is 9.44. The molecule has 1 nitrogen and oxygen atoms in total. The molecular formula is C12H20O. The third-order valence-electron chi connectivity index (χ3n) is 3.19. The normalized spacial score (nSPS) is 29.4. The highest BCUT2D eigenvalue weighted by atomic mass is 16.3. The van der Waals surface area contributed by atoms with Gasteiger partial charge < -0.3 is 5.11 Å². The van der Waals surface area contributed by atoms with Crippen molar-refractivity contribution in [1.29, 1.82) is 0 Å². The maximum absolute atomic E-state index is 9.44. The summed E-state index contributed by atoms with van der Waals surface area (Å²) in [7, 11) is 0. The lowest BCUT2D eigenvalue weighted by atomic mass is 9.73. The van der Waals surface area contributed by atoms with Crippen molar-refractivity contribution in [2.24, 2.45) is 5.41 Å². The van der Waals surface area contributed by atoms with Crippen LogP contribution in [0.1, 0.15) is 39.0 Å². The van der Waals surface area contributed by atoms with Gasteiger partial charge in [-0.2, -0.15) is 0 Å². The van der Waals surface area contributed by atoms with Gasteiger partial charge in [0, 0.05) is 5.41 Å². The largest absolute Gasteiger partial charge is 0.395 e. The molecule has 0 aromatic heterocycles. The Labute approximate surface area is 81.2 Å².